The summed E-state index contributed by atoms with van der Waals surface area (Å²) in [6.45, 7) is 3.52. The van der Waals surface area contributed by atoms with Crippen LogP contribution in [0.4, 0.5) is 10.1 Å². The van der Waals surface area contributed by atoms with E-state index in [0.29, 0.717) is 22.9 Å². The maximum absolute atomic E-state index is 14.1. The second kappa shape index (κ2) is 15.2. The zero-order chi connectivity index (χ0) is 30.9. The van der Waals surface area contributed by atoms with E-state index in [1.807, 2.05) is 6.92 Å². The number of carbonyl (C=O) groups excluding carboxylic acids is 2. The van der Waals surface area contributed by atoms with Crippen molar-refractivity contribution >= 4 is 50.7 Å². The molecular formula is C30H34Cl2FN3O5S. The number of methoxy groups -OCH3 is 1. The summed E-state index contributed by atoms with van der Waals surface area (Å²) in [5.41, 5.74) is 0.680. The van der Waals surface area contributed by atoms with Crippen molar-refractivity contribution < 1.29 is 27.1 Å². The number of anilines is 1. The smallest absolute Gasteiger partial charge is 0.264 e. The predicted octanol–water partition coefficient (Wildman–Crippen LogP) is 6.06. The van der Waals surface area contributed by atoms with Crippen LogP contribution in [-0.2, 0) is 26.2 Å². The van der Waals surface area contributed by atoms with Crippen LogP contribution in [0.25, 0.3) is 0 Å². The van der Waals surface area contributed by atoms with Crippen molar-refractivity contribution in [2.45, 2.75) is 50.6 Å². The number of carbonyl (C=O) groups is 2. The third-order valence-corrected chi connectivity index (χ3v) is 9.12. The van der Waals surface area contributed by atoms with Gasteiger partial charge in [0.05, 0.1) is 27.7 Å². The third kappa shape index (κ3) is 8.36. The van der Waals surface area contributed by atoms with Crippen LogP contribution < -0.4 is 14.4 Å². The molecule has 42 heavy (non-hydrogen) atoms. The Morgan fingerprint density at radius 1 is 0.976 bits per heavy atom. The zero-order valence-electron chi connectivity index (χ0n) is 23.6. The van der Waals surface area contributed by atoms with Gasteiger partial charge in [-0.2, -0.15) is 0 Å². The summed E-state index contributed by atoms with van der Waals surface area (Å²) >= 11 is 12.3. The second-order valence-electron chi connectivity index (χ2n) is 9.50. The van der Waals surface area contributed by atoms with Gasteiger partial charge in [-0.1, -0.05) is 49.5 Å². The molecule has 0 fully saturated rings. The summed E-state index contributed by atoms with van der Waals surface area (Å²) in [5, 5.41) is 3.47. The van der Waals surface area contributed by atoms with Gasteiger partial charge in [-0.05, 0) is 79.1 Å². The topological polar surface area (TPSA) is 96.0 Å². The number of unbranched alkanes of at least 4 members (excludes halogenated alkanes) is 1. The molecule has 2 amide bonds. The molecule has 0 aliphatic heterocycles. The zero-order valence-corrected chi connectivity index (χ0v) is 26.0. The fraction of sp³-hybridized carbons (Fsp3) is 0.333. The van der Waals surface area contributed by atoms with Crippen molar-refractivity contribution in [3.63, 3.8) is 0 Å². The van der Waals surface area contributed by atoms with Gasteiger partial charge in [0.2, 0.25) is 11.8 Å². The van der Waals surface area contributed by atoms with Crippen molar-refractivity contribution in [1.82, 2.24) is 10.2 Å². The van der Waals surface area contributed by atoms with Gasteiger partial charge >= 0.3 is 0 Å². The molecule has 226 valence electrons. The van der Waals surface area contributed by atoms with Crippen LogP contribution in [0.3, 0.4) is 0 Å². The Morgan fingerprint density at radius 2 is 1.64 bits per heavy atom. The molecule has 0 saturated carbocycles. The molecule has 0 unspecified atom stereocenters. The summed E-state index contributed by atoms with van der Waals surface area (Å²) in [5.74, 6) is -1.11. The quantitative estimate of drug-likeness (QED) is 0.217. The van der Waals surface area contributed by atoms with Gasteiger partial charge in [0.1, 0.15) is 24.2 Å². The molecule has 0 spiro atoms. The first-order valence-corrected chi connectivity index (χ1v) is 15.6. The monoisotopic (exact) mass is 637 g/mol. The van der Waals surface area contributed by atoms with Gasteiger partial charge < -0.3 is 15.0 Å². The average Bonchev–Trinajstić information content (AvgIpc) is 2.98. The number of hydrogen-bond donors (Lipinski definition) is 1. The van der Waals surface area contributed by atoms with E-state index in [-0.39, 0.29) is 34.5 Å². The number of amides is 2. The molecule has 1 N–H and O–H groups in total. The molecule has 0 aliphatic carbocycles. The van der Waals surface area contributed by atoms with Gasteiger partial charge in [0.15, 0.2) is 0 Å². The molecule has 0 aromatic heterocycles. The van der Waals surface area contributed by atoms with Crippen LogP contribution in [0.15, 0.2) is 71.6 Å². The highest BCUT2D eigenvalue weighted by Gasteiger charge is 2.33. The Kier molecular flexibility index (Phi) is 12.0. The number of rotatable bonds is 14. The number of nitrogens with one attached hydrogen (secondary N) is 1. The van der Waals surface area contributed by atoms with Gasteiger partial charge in [-0.25, -0.2) is 12.8 Å². The number of benzene rings is 3. The molecular weight excluding hydrogens is 604 g/mol. The number of nitrogens with zero attached hydrogens (tertiary/aromatic N) is 2. The fourth-order valence-corrected chi connectivity index (χ4v) is 6.01. The lowest BCUT2D eigenvalue weighted by Gasteiger charge is -2.33. The van der Waals surface area contributed by atoms with Gasteiger partial charge in [-0.15, -0.1) is 0 Å². The molecule has 0 bridgehead atoms. The number of ether oxygens (including phenoxy) is 1. The summed E-state index contributed by atoms with van der Waals surface area (Å²) in [6, 6.07) is 14.4. The van der Waals surface area contributed by atoms with E-state index in [4.69, 9.17) is 27.9 Å². The molecule has 8 nitrogen and oxygen atoms in total. The average molecular weight is 639 g/mol. The Hall–Kier alpha value is -3.34. The normalized spacial score (nSPS) is 12.0. The summed E-state index contributed by atoms with van der Waals surface area (Å²) in [6.07, 6.45) is 1.91. The highest BCUT2D eigenvalue weighted by atomic mass is 35.5. The lowest BCUT2D eigenvalue weighted by atomic mass is 10.1. The lowest BCUT2D eigenvalue weighted by Crippen LogP contribution is -2.52. The molecule has 12 heteroatoms. The van der Waals surface area contributed by atoms with E-state index in [2.05, 4.69) is 5.32 Å². The van der Waals surface area contributed by atoms with Crippen molar-refractivity contribution in [2.24, 2.45) is 0 Å². The molecule has 0 aliphatic rings. The first-order chi connectivity index (χ1) is 20.0. The van der Waals surface area contributed by atoms with Crippen LogP contribution in [0.5, 0.6) is 5.75 Å². The van der Waals surface area contributed by atoms with Crippen molar-refractivity contribution in [2.75, 3.05) is 24.5 Å². The van der Waals surface area contributed by atoms with Crippen LogP contribution in [-0.4, -0.2) is 51.4 Å². The summed E-state index contributed by atoms with van der Waals surface area (Å²) in [7, 11) is -2.85. The molecule has 3 aromatic carbocycles. The molecule has 1 atom stereocenters. The minimum atomic E-state index is -4.31. The first kappa shape index (κ1) is 33.2. The number of sulfonamides is 1. The van der Waals surface area contributed by atoms with E-state index in [0.717, 1.165) is 29.3 Å². The van der Waals surface area contributed by atoms with Crippen LogP contribution in [0, 0.1) is 5.82 Å². The fourth-order valence-electron chi connectivity index (χ4n) is 4.27. The largest absolute Gasteiger partial charge is 0.497 e. The van der Waals surface area contributed by atoms with Gasteiger partial charge in [-0.3, -0.25) is 13.9 Å². The van der Waals surface area contributed by atoms with Crippen molar-refractivity contribution in [1.29, 1.82) is 0 Å². The molecule has 0 saturated heterocycles. The SMILES string of the molecule is CCCCNC(=O)[C@@H](CC)N(Cc1ccc(Cl)c(Cl)c1)C(=O)CN(c1ccc(F)cc1)S(=O)(=O)c1ccc(OC)cc1. The lowest BCUT2D eigenvalue weighted by molar-refractivity contribution is -0.140. The van der Waals surface area contributed by atoms with Crippen molar-refractivity contribution in [3.8, 4) is 5.75 Å². The van der Waals surface area contributed by atoms with E-state index in [9.17, 15) is 22.4 Å². The Morgan fingerprint density at radius 3 is 2.21 bits per heavy atom. The standard InChI is InChI=1S/C30H34Cl2FN3O5S/c1-4-6-17-34-30(38)28(5-2)35(19-21-7-16-26(31)27(32)18-21)29(37)20-36(23-10-8-22(33)9-11-23)42(39,40)25-14-12-24(41-3)13-15-25/h7-16,18,28H,4-6,17,19-20H2,1-3H3,(H,34,38)/t28-/m1/s1. The molecule has 0 heterocycles. The second-order valence-corrected chi connectivity index (χ2v) is 12.2. The highest BCUT2D eigenvalue weighted by Crippen LogP contribution is 2.27. The maximum Gasteiger partial charge on any atom is 0.264 e. The number of hydrogen-bond acceptors (Lipinski definition) is 5. The first-order valence-electron chi connectivity index (χ1n) is 13.4. The highest BCUT2D eigenvalue weighted by molar-refractivity contribution is 7.92. The summed E-state index contributed by atoms with van der Waals surface area (Å²) in [4.78, 5) is 28.5. The van der Waals surface area contributed by atoms with Gasteiger partial charge in [0, 0.05) is 13.1 Å². The van der Waals surface area contributed by atoms with E-state index < -0.39 is 34.3 Å². The Bertz CT molecular complexity index is 1470. The van der Waals surface area contributed by atoms with E-state index in [1.165, 1.54) is 48.4 Å². The molecule has 3 aromatic rings. The van der Waals surface area contributed by atoms with Crippen LogP contribution in [0.2, 0.25) is 10.0 Å². The minimum Gasteiger partial charge on any atom is -0.497 e. The predicted molar refractivity (Wildman–Crippen MR) is 163 cm³/mol. The third-order valence-electron chi connectivity index (χ3n) is 6.59. The van der Waals surface area contributed by atoms with E-state index in [1.54, 1.807) is 25.1 Å². The van der Waals surface area contributed by atoms with Gasteiger partial charge in [0.25, 0.3) is 10.0 Å². The van der Waals surface area contributed by atoms with Crippen LogP contribution in [0.1, 0.15) is 38.7 Å². The van der Waals surface area contributed by atoms with E-state index >= 15 is 0 Å². The molecule has 3 rings (SSSR count). The minimum absolute atomic E-state index is 0.0325. The van der Waals surface area contributed by atoms with Crippen molar-refractivity contribution in [3.05, 3.63) is 88.2 Å². The Balaban J connectivity index is 2.04. The summed E-state index contributed by atoms with van der Waals surface area (Å²) < 4.78 is 47.6. The molecule has 0 radical (unpaired) electrons. The Labute approximate surface area is 256 Å². The van der Waals surface area contributed by atoms with Crippen LogP contribution >= 0.6 is 23.2 Å². The number of halogens is 3. The maximum atomic E-state index is 14.1.